The summed E-state index contributed by atoms with van der Waals surface area (Å²) in [5.41, 5.74) is 2.58. The van der Waals surface area contributed by atoms with Crippen molar-refractivity contribution in [2.24, 2.45) is 0 Å². The minimum absolute atomic E-state index is 0.155. The lowest BCUT2D eigenvalue weighted by molar-refractivity contribution is -0.134. The highest BCUT2D eigenvalue weighted by molar-refractivity contribution is 7.89. The SMILES string of the molecule is COC(=O)/C=C1\CC(C)=CN(S(=O)(=O)c2ccc(C)cc2)C1. The van der Waals surface area contributed by atoms with Crippen LogP contribution in [0.2, 0.25) is 0 Å². The molecule has 0 N–H and O–H groups in total. The normalized spacial score (nSPS) is 17.3. The second-order valence-corrected chi connectivity index (χ2v) is 7.23. The molecule has 1 heterocycles. The number of rotatable bonds is 3. The van der Waals surface area contributed by atoms with Crippen molar-refractivity contribution in [2.75, 3.05) is 13.7 Å². The number of aryl methyl sites for hydroxylation is 1. The molecule has 22 heavy (non-hydrogen) atoms. The maximum atomic E-state index is 12.7. The third-order valence-electron chi connectivity index (χ3n) is 3.38. The van der Waals surface area contributed by atoms with Gasteiger partial charge in [0, 0.05) is 12.3 Å². The van der Waals surface area contributed by atoms with Crippen LogP contribution < -0.4 is 0 Å². The molecule has 118 valence electrons. The Morgan fingerprint density at radius 2 is 1.86 bits per heavy atom. The van der Waals surface area contributed by atoms with Gasteiger partial charge in [0.05, 0.1) is 18.6 Å². The standard InChI is InChI=1S/C16H19NO4S/c1-12-4-6-15(7-5-12)22(19,20)17-10-13(2)8-14(11-17)9-16(18)21-3/h4-7,9-10H,8,11H2,1-3H3/b14-9+. The Morgan fingerprint density at radius 1 is 1.23 bits per heavy atom. The van der Waals surface area contributed by atoms with Crippen molar-refractivity contribution < 1.29 is 17.9 Å². The fourth-order valence-corrected chi connectivity index (χ4v) is 3.68. The minimum atomic E-state index is -3.62. The fraction of sp³-hybridized carbons (Fsp3) is 0.312. The number of esters is 1. The van der Waals surface area contributed by atoms with Gasteiger partial charge in [-0.1, -0.05) is 23.3 Å². The third kappa shape index (κ3) is 3.57. The summed E-state index contributed by atoms with van der Waals surface area (Å²) in [6.45, 7) is 3.89. The molecule has 0 unspecified atom stereocenters. The first-order valence-corrected chi connectivity index (χ1v) is 8.30. The number of allylic oxidation sites excluding steroid dienone is 1. The number of sulfonamides is 1. The Kier molecular flexibility index (Phi) is 4.71. The summed E-state index contributed by atoms with van der Waals surface area (Å²) in [5.74, 6) is -0.475. The van der Waals surface area contributed by atoms with E-state index in [0.29, 0.717) is 12.0 Å². The Labute approximate surface area is 130 Å². The first-order chi connectivity index (χ1) is 10.3. The molecular weight excluding hydrogens is 302 g/mol. The van der Waals surface area contributed by atoms with E-state index in [0.717, 1.165) is 11.1 Å². The van der Waals surface area contributed by atoms with E-state index >= 15 is 0 Å². The summed E-state index contributed by atoms with van der Waals surface area (Å²) in [5, 5.41) is 0. The monoisotopic (exact) mass is 321 g/mol. The molecular formula is C16H19NO4S. The van der Waals surface area contributed by atoms with Crippen molar-refractivity contribution in [3.05, 3.63) is 53.3 Å². The maximum Gasteiger partial charge on any atom is 0.330 e. The van der Waals surface area contributed by atoms with E-state index < -0.39 is 16.0 Å². The molecule has 0 fully saturated rings. The van der Waals surface area contributed by atoms with E-state index in [-0.39, 0.29) is 11.4 Å². The smallest absolute Gasteiger partial charge is 0.330 e. The summed E-state index contributed by atoms with van der Waals surface area (Å²) < 4.78 is 31.2. The zero-order chi connectivity index (χ0) is 16.3. The van der Waals surface area contributed by atoms with Gasteiger partial charge in [-0.3, -0.25) is 4.31 Å². The largest absolute Gasteiger partial charge is 0.466 e. The lowest BCUT2D eigenvalue weighted by atomic mass is 10.0. The molecule has 0 aliphatic carbocycles. The highest BCUT2D eigenvalue weighted by Crippen LogP contribution is 2.25. The van der Waals surface area contributed by atoms with Crippen molar-refractivity contribution >= 4 is 16.0 Å². The van der Waals surface area contributed by atoms with E-state index in [2.05, 4.69) is 4.74 Å². The number of benzene rings is 1. The highest BCUT2D eigenvalue weighted by atomic mass is 32.2. The highest BCUT2D eigenvalue weighted by Gasteiger charge is 2.25. The average Bonchev–Trinajstić information content (AvgIpc) is 2.47. The quantitative estimate of drug-likeness (QED) is 0.633. The van der Waals surface area contributed by atoms with Crippen LogP contribution in [0, 0.1) is 6.92 Å². The fourth-order valence-electron chi connectivity index (χ4n) is 2.27. The first kappa shape index (κ1) is 16.3. The second-order valence-electron chi connectivity index (χ2n) is 5.34. The number of ether oxygens (including phenoxy) is 1. The Balaban J connectivity index is 2.34. The third-order valence-corrected chi connectivity index (χ3v) is 5.10. The Morgan fingerprint density at radius 3 is 2.45 bits per heavy atom. The molecule has 1 aliphatic heterocycles. The van der Waals surface area contributed by atoms with Gasteiger partial charge in [-0.05, 0) is 38.0 Å². The van der Waals surface area contributed by atoms with Gasteiger partial charge in [0.15, 0.2) is 0 Å². The van der Waals surface area contributed by atoms with Gasteiger partial charge in [-0.15, -0.1) is 0 Å². The van der Waals surface area contributed by atoms with Crippen LogP contribution >= 0.6 is 0 Å². The molecule has 0 radical (unpaired) electrons. The summed E-state index contributed by atoms with van der Waals surface area (Å²) in [4.78, 5) is 11.6. The summed E-state index contributed by atoms with van der Waals surface area (Å²) in [6, 6.07) is 6.70. The van der Waals surface area contributed by atoms with E-state index in [1.807, 2.05) is 13.8 Å². The van der Waals surface area contributed by atoms with Crippen LogP contribution in [0.15, 0.2) is 52.6 Å². The topological polar surface area (TPSA) is 63.7 Å². The zero-order valence-corrected chi connectivity index (χ0v) is 13.7. The average molecular weight is 321 g/mol. The van der Waals surface area contributed by atoms with Gasteiger partial charge in [-0.25, -0.2) is 13.2 Å². The van der Waals surface area contributed by atoms with Crippen LogP contribution in [0.3, 0.4) is 0 Å². The van der Waals surface area contributed by atoms with Crippen LogP contribution in [0.25, 0.3) is 0 Å². The van der Waals surface area contributed by atoms with Crippen LogP contribution in [-0.4, -0.2) is 32.3 Å². The minimum Gasteiger partial charge on any atom is -0.466 e. The summed E-state index contributed by atoms with van der Waals surface area (Å²) >= 11 is 0. The first-order valence-electron chi connectivity index (χ1n) is 6.86. The molecule has 0 saturated heterocycles. The van der Waals surface area contributed by atoms with Crippen molar-refractivity contribution in [2.45, 2.75) is 25.2 Å². The Bertz CT molecular complexity index is 730. The predicted molar refractivity (Wildman–Crippen MR) is 83.5 cm³/mol. The lowest BCUT2D eigenvalue weighted by Crippen LogP contribution is -2.31. The van der Waals surface area contributed by atoms with Crippen molar-refractivity contribution in [3.63, 3.8) is 0 Å². The van der Waals surface area contributed by atoms with Gasteiger partial charge >= 0.3 is 5.97 Å². The van der Waals surface area contributed by atoms with E-state index in [4.69, 9.17) is 0 Å². The van der Waals surface area contributed by atoms with E-state index in [1.165, 1.54) is 17.5 Å². The van der Waals surface area contributed by atoms with Gasteiger partial charge in [-0.2, -0.15) is 0 Å². The maximum absolute atomic E-state index is 12.7. The molecule has 1 aliphatic rings. The van der Waals surface area contributed by atoms with Gasteiger partial charge < -0.3 is 4.74 Å². The molecule has 0 spiro atoms. The Hall–Kier alpha value is -2.08. The van der Waals surface area contributed by atoms with Crippen LogP contribution in [0.1, 0.15) is 18.9 Å². The van der Waals surface area contributed by atoms with Crippen LogP contribution in [-0.2, 0) is 19.6 Å². The van der Waals surface area contributed by atoms with Gasteiger partial charge in [0.2, 0.25) is 0 Å². The molecule has 0 amide bonds. The van der Waals surface area contributed by atoms with Crippen molar-refractivity contribution in [1.29, 1.82) is 0 Å². The number of carbonyl (C=O) groups excluding carboxylic acids is 1. The molecule has 0 bridgehead atoms. The number of carbonyl (C=O) groups is 1. The number of nitrogens with zero attached hydrogens (tertiary/aromatic N) is 1. The van der Waals surface area contributed by atoms with Crippen LogP contribution in [0.4, 0.5) is 0 Å². The molecule has 5 nitrogen and oxygen atoms in total. The molecule has 6 heteroatoms. The molecule has 0 saturated carbocycles. The zero-order valence-electron chi connectivity index (χ0n) is 12.9. The van der Waals surface area contributed by atoms with Crippen LogP contribution in [0.5, 0.6) is 0 Å². The molecule has 0 aromatic heterocycles. The van der Waals surface area contributed by atoms with E-state index in [9.17, 15) is 13.2 Å². The van der Waals surface area contributed by atoms with Crippen molar-refractivity contribution in [1.82, 2.24) is 4.31 Å². The number of methoxy groups -OCH3 is 1. The van der Waals surface area contributed by atoms with E-state index in [1.54, 1.807) is 30.5 Å². The summed E-state index contributed by atoms with van der Waals surface area (Å²) in [6.07, 6.45) is 3.53. The molecule has 0 atom stereocenters. The molecule has 2 rings (SSSR count). The molecule has 1 aromatic carbocycles. The van der Waals surface area contributed by atoms with Crippen molar-refractivity contribution in [3.8, 4) is 0 Å². The molecule has 1 aromatic rings. The predicted octanol–water partition coefficient (Wildman–Crippen LogP) is 2.39. The second kappa shape index (κ2) is 6.36. The number of hydrogen-bond donors (Lipinski definition) is 0. The lowest BCUT2D eigenvalue weighted by Gasteiger charge is -2.27. The summed E-state index contributed by atoms with van der Waals surface area (Å²) in [7, 11) is -2.33. The van der Waals surface area contributed by atoms with Gasteiger partial charge in [0.25, 0.3) is 10.0 Å². The van der Waals surface area contributed by atoms with Gasteiger partial charge in [0.1, 0.15) is 0 Å². The number of hydrogen-bond acceptors (Lipinski definition) is 4.